The standard InChI is InChI=1S/C10H14Cl2N2OS/c1-5(2)7(4-13)14-10(15)6-3-8(11)16-9(6)12/h3,5,7H,4,13H2,1-2H3,(H,14,15). The fraction of sp³-hybridized carbons (Fsp3) is 0.500. The van der Waals surface area contributed by atoms with Crippen molar-refractivity contribution in [3.63, 3.8) is 0 Å². The maximum absolute atomic E-state index is 11.8. The molecule has 3 N–H and O–H groups in total. The molecule has 0 radical (unpaired) electrons. The van der Waals surface area contributed by atoms with Crippen LogP contribution in [0.2, 0.25) is 8.67 Å². The summed E-state index contributed by atoms with van der Waals surface area (Å²) in [5, 5.41) is 2.84. The third-order valence-electron chi connectivity index (χ3n) is 2.28. The van der Waals surface area contributed by atoms with Crippen molar-refractivity contribution in [2.75, 3.05) is 6.54 Å². The van der Waals surface area contributed by atoms with E-state index in [2.05, 4.69) is 5.32 Å². The average Bonchev–Trinajstić information content (AvgIpc) is 2.53. The average molecular weight is 281 g/mol. The van der Waals surface area contributed by atoms with Gasteiger partial charge in [-0.1, -0.05) is 37.0 Å². The van der Waals surface area contributed by atoms with Crippen molar-refractivity contribution >= 4 is 40.4 Å². The van der Waals surface area contributed by atoms with Crippen molar-refractivity contribution in [1.82, 2.24) is 5.32 Å². The molecule has 0 aromatic carbocycles. The fourth-order valence-corrected chi connectivity index (χ4v) is 2.70. The summed E-state index contributed by atoms with van der Waals surface area (Å²) in [6.45, 7) is 4.40. The molecule has 0 aliphatic heterocycles. The molecule has 1 aromatic rings. The Morgan fingerprint density at radius 1 is 1.56 bits per heavy atom. The number of thiophene rings is 1. The largest absolute Gasteiger partial charge is 0.348 e. The number of rotatable bonds is 4. The van der Waals surface area contributed by atoms with Gasteiger partial charge in [-0.25, -0.2) is 0 Å². The van der Waals surface area contributed by atoms with Gasteiger partial charge < -0.3 is 11.1 Å². The van der Waals surface area contributed by atoms with E-state index in [4.69, 9.17) is 28.9 Å². The van der Waals surface area contributed by atoms with E-state index in [0.717, 1.165) is 0 Å². The summed E-state index contributed by atoms with van der Waals surface area (Å²) in [6, 6.07) is 1.51. The molecule has 90 valence electrons. The summed E-state index contributed by atoms with van der Waals surface area (Å²) in [4.78, 5) is 11.8. The monoisotopic (exact) mass is 280 g/mol. The highest BCUT2D eigenvalue weighted by atomic mass is 35.5. The second kappa shape index (κ2) is 5.87. The lowest BCUT2D eigenvalue weighted by Crippen LogP contribution is -2.43. The first-order chi connectivity index (χ1) is 7.45. The third kappa shape index (κ3) is 3.35. The van der Waals surface area contributed by atoms with Crippen LogP contribution in [0.3, 0.4) is 0 Å². The van der Waals surface area contributed by atoms with Crippen LogP contribution in [0, 0.1) is 5.92 Å². The molecule has 3 nitrogen and oxygen atoms in total. The normalized spacial score (nSPS) is 12.9. The number of nitrogens with two attached hydrogens (primary N) is 1. The molecule has 0 saturated heterocycles. The Kier molecular flexibility index (Phi) is 5.05. The number of carbonyl (C=O) groups excluding carboxylic acids is 1. The number of hydrogen-bond donors (Lipinski definition) is 2. The Bertz CT molecular complexity index is 379. The van der Waals surface area contributed by atoms with E-state index < -0.39 is 0 Å². The van der Waals surface area contributed by atoms with Gasteiger partial charge >= 0.3 is 0 Å². The topological polar surface area (TPSA) is 55.1 Å². The molecule has 1 aromatic heterocycles. The highest BCUT2D eigenvalue weighted by molar-refractivity contribution is 7.20. The highest BCUT2D eigenvalue weighted by Crippen LogP contribution is 2.31. The molecule has 1 unspecified atom stereocenters. The summed E-state index contributed by atoms with van der Waals surface area (Å²) in [5.74, 6) is 0.0548. The van der Waals surface area contributed by atoms with Crippen LogP contribution in [0.5, 0.6) is 0 Å². The first-order valence-corrected chi connectivity index (χ1v) is 6.48. The Hall–Kier alpha value is -0.290. The number of amides is 1. The minimum atomic E-state index is -0.225. The van der Waals surface area contributed by atoms with Gasteiger partial charge in [0, 0.05) is 12.6 Å². The Balaban J connectivity index is 2.75. The molecule has 1 rings (SSSR count). The SMILES string of the molecule is CC(C)C(CN)NC(=O)c1cc(Cl)sc1Cl. The van der Waals surface area contributed by atoms with Crippen molar-refractivity contribution in [2.24, 2.45) is 11.7 Å². The van der Waals surface area contributed by atoms with Crippen molar-refractivity contribution in [3.8, 4) is 0 Å². The molecule has 1 heterocycles. The number of halogens is 2. The van der Waals surface area contributed by atoms with Gasteiger partial charge in [0.1, 0.15) is 4.34 Å². The number of hydrogen-bond acceptors (Lipinski definition) is 3. The Labute approximate surface area is 109 Å². The van der Waals surface area contributed by atoms with E-state index in [1.807, 2.05) is 13.8 Å². The van der Waals surface area contributed by atoms with Gasteiger partial charge in [0.25, 0.3) is 5.91 Å². The maximum Gasteiger partial charge on any atom is 0.253 e. The van der Waals surface area contributed by atoms with Crippen LogP contribution < -0.4 is 11.1 Å². The molecule has 0 saturated carbocycles. The molecular formula is C10H14Cl2N2OS. The van der Waals surface area contributed by atoms with Gasteiger partial charge in [0.05, 0.1) is 9.90 Å². The summed E-state index contributed by atoms with van der Waals surface area (Å²) in [5.41, 5.74) is 5.98. The lowest BCUT2D eigenvalue weighted by atomic mass is 10.0. The predicted octanol–water partition coefficient (Wildman–Crippen LogP) is 2.77. The predicted molar refractivity (Wildman–Crippen MR) is 69.5 cm³/mol. The molecule has 0 aliphatic carbocycles. The molecule has 1 atom stereocenters. The van der Waals surface area contributed by atoms with Gasteiger partial charge in [-0.3, -0.25) is 4.79 Å². The molecular weight excluding hydrogens is 267 g/mol. The zero-order valence-electron chi connectivity index (χ0n) is 9.09. The van der Waals surface area contributed by atoms with E-state index in [1.54, 1.807) is 6.07 Å². The molecule has 16 heavy (non-hydrogen) atoms. The summed E-state index contributed by atoms with van der Waals surface area (Å²) in [6.07, 6.45) is 0. The van der Waals surface area contributed by atoms with E-state index >= 15 is 0 Å². The van der Waals surface area contributed by atoms with Gasteiger partial charge in [-0.2, -0.15) is 0 Å². The maximum atomic E-state index is 11.8. The van der Waals surface area contributed by atoms with E-state index in [9.17, 15) is 4.79 Å². The number of carbonyl (C=O) groups is 1. The van der Waals surface area contributed by atoms with Crippen LogP contribution in [0.25, 0.3) is 0 Å². The molecule has 6 heteroatoms. The van der Waals surface area contributed by atoms with Crippen molar-refractivity contribution in [3.05, 3.63) is 20.3 Å². The van der Waals surface area contributed by atoms with Crippen molar-refractivity contribution in [1.29, 1.82) is 0 Å². The van der Waals surface area contributed by atoms with Gasteiger partial charge in [-0.15, -0.1) is 11.3 Å². The first-order valence-electron chi connectivity index (χ1n) is 4.91. The molecule has 0 spiro atoms. The molecule has 1 amide bonds. The Morgan fingerprint density at radius 2 is 2.19 bits per heavy atom. The smallest absolute Gasteiger partial charge is 0.253 e. The summed E-state index contributed by atoms with van der Waals surface area (Å²) >= 11 is 12.8. The molecule has 0 fully saturated rings. The fourth-order valence-electron chi connectivity index (χ4n) is 1.24. The van der Waals surface area contributed by atoms with Crippen LogP contribution >= 0.6 is 34.5 Å². The van der Waals surface area contributed by atoms with E-state index in [1.165, 1.54) is 11.3 Å². The van der Waals surface area contributed by atoms with Crippen LogP contribution in [-0.2, 0) is 0 Å². The van der Waals surface area contributed by atoms with Crippen LogP contribution in [0.1, 0.15) is 24.2 Å². The van der Waals surface area contributed by atoms with Gasteiger partial charge in [0.2, 0.25) is 0 Å². The van der Waals surface area contributed by atoms with Gasteiger partial charge in [0.15, 0.2) is 0 Å². The Morgan fingerprint density at radius 3 is 2.56 bits per heavy atom. The second-order valence-electron chi connectivity index (χ2n) is 3.80. The molecule has 0 aliphatic rings. The van der Waals surface area contributed by atoms with Crippen LogP contribution in [0.15, 0.2) is 6.07 Å². The quantitative estimate of drug-likeness (QED) is 0.891. The third-order valence-corrected chi connectivity index (χ3v) is 3.76. The van der Waals surface area contributed by atoms with E-state index in [-0.39, 0.29) is 17.9 Å². The van der Waals surface area contributed by atoms with Crippen LogP contribution in [-0.4, -0.2) is 18.5 Å². The van der Waals surface area contributed by atoms with Crippen LogP contribution in [0.4, 0.5) is 0 Å². The lowest BCUT2D eigenvalue weighted by Gasteiger charge is -2.20. The van der Waals surface area contributed by atoms with Gasteiger partial charge in [-0.05, 0) is 12.0 Å². The summed E-state index contributed by atoms with van der Waals surface area (Å²) in [7, 11) is 0. The zero-order valence-corrected chi connectivity index (χ0v) is 11.4. The zero-order chi connectivity index (χ0) is 12.3. The highest BCUT2D eigenvalue weighted by Gasteiger charge is 2.19. The summed E-state index contributed by atoms with van der Waals surface area (Å²) < 4.78 is 0.908. The second-order valence-corrected chi connectivity index (χ2v) is 6.08. The minimum Gasteiger partial charge on any atom is -0.348 e. The molecule has 0 bridgehead atoms. The van der Waals surface area contributed by atoms with Crippen molar-refractivity contribution in [2.45, 2.75) is 19.9 Å². The lowest BCUT2D eigenvalue weighted by molar-refractivity contribution is 0.0928. The van der Waals surface area contributed by atoms with E-state index in [0.29, 0.717) is 20.8 Å². The first kappa shape index (κ1) is 13.8. The minimum absolute atomic E-state index is 0.0535. The number of nitrogens with one attached hydrogen (secondary N) is 1. The van der Waals surface area contributed by atoms with Crippen molar-refractivity contribution < 1.29 is 4.79 Å².